The number of carbonyl (C=O) groups is 2. The summed E-state index contributed by atoms with van der Waals surface area (Å²) >= 11 is 0. The van der Waals surface area contributed by atoms with Crippen LogP contribution in [0, 0.1) is 0 Å². The molecule has 2 fully saturated rings. The Morgan fingerprint density at radius 2 is 1.12 bits per heavy atom. The fourth-order valence-electron chi connectivity index (χ4n) is 6.16. The Balaban J connectivity index is 0.000000363. The number of Topliss-reactive ketones (excluding diaryl/α,β-unsaturated/α-hetero) is 1. The zero-order valence-electron chi connectivity index (χ0n) is 35.3. The molecule has 0 atom stereocenters. The van der Waals surface area contributed by atoms with Gasteiger partial charge in [0.15, 0.2) is 0 Å². The number of halogens is 3. The number of allylic oxidation sites excluding steroid dienone is 12. The van der Waals surface area contributed by atoms with Gasteiger partial charge in [-0.1, -0.05) is 56.7 Å². The molecule has 0 radical (unpaired) electrons. The summed E-state index contributed by atoms with van der Waals surface area (Å²) in [4.78, 5) is 21.9. The van der Waals surface area contributed by atoms with Crippen LogP contribution in [0.25, 0.3) is 0 Å². The van der Waals surface area contributed by atoms with Crippen LogP contribution >= 0.6 is 0 Å². The van der Waals surface area contributed by atoms with Gasteiger partial charge in [0.1, 0.15) is 11.5 Å². The number of methoxy groups -OCH3 is 1. The molecule has 1 saturated carbocycles. The van der Waals surface area contributed by atoms with Crippen LogP contribution in [0.2, 0.25) is 0 Å². The van der Waals surface area contributed by atoms with Crippen LogP contribution < -0.4 is 0 Å². The number of ether oxygens (including phenoxy) is 2. The highest BCUT2D eigenvalue weighted by molar-refractivity contribution is 7.87. The zero-order chi connectivity index (χ0) is 42.5. The van der Waals surface area contributed by atoms with Crippen LogP contribution in [0.15, 0.2) is 79.7 Å². The van der Waals surface area contributed by atoms with E-state index < -0.39 is 15.6 Å². The lowest BCUT2D eigenvalue weighted by molar-refractivity contribution is -0.136. The summed E-state index contributed by atoms with van der Waals surface area (Å²) in [7, 11) is -4.09. The fraction of sp³-hybridized carbons (Fsp3) is 0.636. The molecule has 5 rings (SSSR count). The van der Waals surface area contributed by atoms with Gasteiger partial charge in [-0.05, 0) is 144 Å². The van der Waals surface area contributed by atoms with Crippen molar-refractivity contribution in [2.45, 2.75) is 157 Å². The monoisotopic (exact) mass is 812 g/mol. The maximum absolute atomic E-state index is 12.0. The van der Waals surface area contributed by atoms with E-state index >= 15 is 0 Å². The summed E-state index contributed by atoms with van der Waals surface area (Å²) in [5, 5.41) is 8.83. The van der Waals surface area contributed by atoms with Crippen LogP contribution in [0.5, 0.6) is 0 Å². The average Bonchev–Trinajstić information content (AvgIpc) is 3.76. The zero-order valence-corrected chi connectivity index (χ0v) is 36.1. The Bertz CT molecular complexity index is 1610. The molecule has 0 aromatic rings. The van der Waals surface area contributed by atoms with Crippen LogP contribution in [0.1, 0.15) is 152 Å². The molecular weight excluding hydrogens is 746 g/mol. The van der Waals surface area contributed by atoms with E-state index in [-0.39, 0.29) is 24.8 Å². The van der Waals surface area contributed by atoms with Crippen molar-refractivity contribution in [1.82, 2.24) is 0 Å². The summed E-state index contributed by atoms with van der Waals surface area (Å²) in [5.74, 6) is 0.130. The Hall–Kier alpha value is -3.22. The summed E-state index contributed by atoms with van der Waals surface area (Å²) in [6.45, 7) is 18.9. The van der Waals surface area contributed by atoms with E-state index in [1.807, 2.05) is 19.9 Å². The second-order valence-corrected chi connectivity index (χ2v) is 16.8. The van der Waals surface area contributed by atoms with Crippen LogP contribution in [-0.2, 0) is 33.4 Å². The largest absolute Gasteiger partial charge is 0.534 e. The summed E-state index contributed by atoms with van der Waals surface area (Å²) < 4.78 is 71.3. The Kier molecular flexibility index (Phi) is 23.5. The van der Waals surface area contributed by atoms with Gasteiger partial charge >= 0.3 is 21.6 Å². The molecule has 0 unspecified atom stereocenters. The van der Waals surface area contributed by atoms with Gasteiger partial charge in [0, 0.05) is 38.0 Å². The molecular formula is C44H67F3O8S. The molecule has 4 aliphatic carbocycles. The molecule has 1 saturated heterocycles. The highest BCUT2D eigenvalue weighted by atomic mass is 32.2. The van der Waals surface area contributed by atoms with Crippen molar-refractivity contribution < 1.29 is 49.9 Å². The van der Waals surface area contributed by atoms with Gasteiger partial charge in [-0.15, -0.1) is 0 Å². The minimum absolute atomic E-state index is 0.132. The quantitative estimate of drug-likeness (QED) is 0.129. The number of hydrogen-bond donors (Lipinski definition) is 1. The molecule has 1 aliphatic heterocycles. The van der Waals surface area contributed by atoms with Crippen molar-refractivity contribution in [1.29, 1.82) is 0 Å². The lowest BCUT2D eigenvalue weighted by atomic mass is 9.91. The standard InChI is InChI=1S/C11H16O2.C10H13F3O3S.C10H16O.C9H14O.C4H8O/c1-8(2)9-4-6-10(7-5-9)11(12)13-3;1-7(2)8-3-5-9(6-4-8)16-17(14,15)10(11,12)13;1-8(2)10-5-3-9(7-11)4-6-10;1-7(2)8-3-5-9(10)6-4-8;1-2-4-5-3-1/h6H,4-5,7H2,1-3H3;5H,3-4,6H2,1-2H3;3,11H,4-7H2,1-2H3;3-6H2,1-2H3;1-4H2. The molecule has 12 heteroatoms. The average molecular weight is 813 g/mol. The molecule has 0 aromatic carbocycles. The van der Waals surface area contributed by atoms with E-state index in [9.17, 15) is 31.2 Å². The van der Waals surface area contributed by atoms with Crippen LogP contribution in [-0.4, -0.2) is 57.7 Å². The predicted molar refractivity (Wildman–Crippen MR) is 218 cm³/mol. The number of alkyl halides is 3. The number of hydrogen-bond acceptors (Lipinski definition) is 8. The topological polar surface area (TPSA) is 116 Å². The first-order valence-electron chi connectivity index (χ1n) is 19.7. The first-order valence-corrected chi connectivity index (χ1v) is 21.1. The Morgan fingerprint density at radius 1 is 0.679 bits per heavy atom. The highest BCUT2D eigenvalue weighted by Crippen LogP contribution is 2.32. The van der Waals surface area contributed by atoms with E-state index in [0.717, 1.165) is 94.1 Å². The van der Waals surface area contributed by atoms with Gasteiger partial charge in [-0.3, -0.25) is 4.79 Å². The number of aliphatic hydroxyl groups excluding tert-OH is 1. The van der Waals surface area contributed by atoms with E-state index in [1.54, 1.807) is 5.57 Å². The third-order valence-corrected chi connectivity index (χ3v) is 11.1. The van der Waals surface area contributed by atoms with Gasteiger partial charge in [0.25, 0.3) is 0 Å². The Morgan fingerprint density at radius 3 is 1.45 bits per heavy atom. The second-order valence-electron chi connectivity index (χ2n) is 15.3. The third-order valence-electron chi connectivity index (χ3n) is 10.1. The highest BCUT2D eigenvalue weighted by Gasteiger charge is 2.48. The molecule has 1 heterocycles. The van der Waals surface area contributed by atoms with Crippen LogP contribution in [0.3, 0.4) is 0 Å². The SMILES string of the molecule is C1CCOC1.CC(C)=C1CC=C(CO)CC1.CC(C)=C1CC=C(OS(=O)(=O)C(F)(F)F)CC1.CC(C)=C1CCC(=O)CC1.COC(=O)C1=CCC(=C(C)C)CC1. The smallest absolute Gasteiger partial charge is 0.466 e. The van der Waals surface area contributed by atoms with Gasteiger partial charge in [0.05, 0.1) is 13.7 Å². The summed E-state index contributed by atoms with van der Waals surface area (Å²) in [6, 6.07) is 0. The molecule has 0 bridgehead atoms. The number of ketones is 1. The van der Waals surface area contributed by atoms with Crippen molar-refractivity contribution in [3.8, 4) is 0 Å². The number of rotatable bonds is 4. The van der Waals surface area contributed by atoms with Crippen molar-refractivity contribution in [3.05, 3.63) is 79.7 Å². The minimum Gasteiger partial charge on any atom is -0.466 e. The molecule has 0 amide bonds. The molecule has 0 aromatic heterocycles. The van der Waals surface area contributed by atoms with Gasteiger partial charge < -0.3 is 18.8 Å². The molecule has 8 nitrogen and oxygen atoms in total. The van der Waals surface area contributed by atoms with E-state index in [0.29, 0.717) is 18.6 Å². The molecule has 5 aliphatic rings. The lowest BCUT2D eigenvalue weighted by Gasteiger charge is -2.18. The van der Waals surface area contributed by atoms with Crippen LogP contribution in [0.4, 0.5) is 13.2 Å². The Labute approximate surface area is 334 Å². The summed E-state index contributed by atoms with van der Waals surface area (Å²) in [6.07, 6.45) is 18.8. The number of esters is 1. The molecule has 0 spiro atoms. The molecule has 56 heavy (non-hydrogen) atoms. The van der Waals surface area contributed by atoms with Crippen molar-refractivity contribution in [2.24, 2.45) is 0 Å². The van der Waals surface area contributed by atoms with Gasteiger partial charge in [-0.2, -0.15) is 21.6 Å². The van der Waals surface area contributed by atoms with Gasteiger partial charge in [-0.25, -0.2) is 4.79 Å². The second kappa shape index (κ2) is 25.9. The van der Waals surface area contributed by atoms with E-state index in [4.69, 9.17) is 9.84 Å². The molecule has 318 valence electrons. The van der Waals surface area contributed by atoms with Crippen molar-refractivity contribution in [2.75, 3.05) is 26.9 Å². The van der Waals surface area contributed by atoms with E-state index in [2.05, 4.69) is 56.5 Å². The third kappa shape index (κ3) is 19.8. The lowest BCUT2D eigenvalue weighted by Crippen LogP contribution is -2.25. The number of aliphatic hydroxyl groups is 1. The minimum atomic E-state index is -5.52. The predicted octanol–water partition coefficient (Wildman–Crippen LogP) is 11.6. The molecule has 1 N–H and O–H groups in total. The first kappa shape index (κ1) is 50.8. The fourth-order valence-corrected chi connectivity index (χ4v) is 6.69. The van der Waals surface area contributed by atoms with E-state index in [1.165, 1.54) is 59.5 Å². The number of carbonyl (C=O) groups excluding carboxylic acids is 2. The first-order chi connectivity index (χ1) is 26.2. The van der Waals surface area contributed by atoms with Crippen molar-refractivity contribution in [3.63, 3.8) is 0 Å². The maximum Gasteiger partial charge on any atom is 0.534 e. The maximum atomic E-state index is 12.0. The normalized spacial score (nSPS) is 18.4. The van der Waals surface area contributed by atoms with Gasteiger partial charge in [0.2, 0.25) is 0 Å². The summed E-state index contributed by atoms with van der Waals surface area (Å²) in [5.41, 5.74) is 7.58. The van der Waals surface area contributed by atoms with Crippen molar-refractivity contribution >= 4 is 21.9 Å².